The Morgan fingerprint density at radius 3 is 1.96 bits per heavy atom. The number of carbonyl (C=O) groups is 1. The van der Waals surface area contributed by atoms with E-state index in [0.29, 0.717) is 0 Å². The maximum atomic E-state index is 12.4. The van der Waals surface area contributed by atoms with Gasteiger partial charge in [-0.2, -0.15) is 0 Å². The average molecular weight is 339 g/mol. The van der Waals surface area contributed by atoms with Crippen LogP contribution in [0.25, 0.3) is 0 Å². The smallest absolute Gasteiger partial charge is 0.214 e. The quantitative estimate of drug-likeness (QED) is 0.338. The first kappa shape index (κ1) is 20.8. The van der Waals surface area contributed by atoms with Gasteiger partial charge in [0.15, 0.2) is 0 Å². The lowest BCUT2D eigenvalue weighted by Crippen LogP contribution is -2.27. The second kappa shape index (κ2) is 12.2. The average Bonchev–Trinajstić information content (AvgIpc) is 2.53. The van der Waals surface area contributed by atoms with Crippen molar-refractivity contribution in [1.82, 2.24) is 0 Å². The Morgan fingerprint density at radius 1 is 0.913 bits per heavy atom. The number of thioether (sulfide) groups is 1. The van der Waals surface area contributed by atoms with Gasteiger partial charge in [-0.15, -0.1) is 0 Å². The second-order valence-electron chi connectivity index (χ2n) is 7.49. The fourth-order valence-electron chi connectivity index (χ4n) is 3.64. The van der Waals surface area contributed by atoms with E-state index in [1.54, 1.807) is 11.8 Å². The summed E-state index contributed by atoms with van der Waals surface area (Å²) in [4.78, 5) is 12.4. The summed E-state index contributed by atoms with van der Waals surface area (Å²) in [7, 11) is 0. The molecule has 0 bridgehead atoms. The van der Waals surface area contributed by atoms with E-state index < -0.39 is 0 Å². The largest absolute Gasteiger partial charge is 0.282 e. The van der Waals surface area contributed by atoms with Crippen LogP contribution in [0.1, 0.15) is 110 Å². The van der Waals surface area contributed by atoms with Crippen LogP contribution in [-0.4, -0.2) is 9.86 Å². The molecule has 0 radical (unpaired) electrons. The SMILES string of the molecule is C=C(C)C(=O)SC1(CCCCCCC)CCCCCCCCC1. The van der Waals surface area contributed by atoms with E-state index in [9.17, 15) is 4.79 Å². The fraction of sp³-hybridized carbons (Fsp3) is 0.857. The third-order valence-electron chi connectivity index (χ3n) is 5.16. The summed E-state index contributed by atoms with van der Waals surface area (Å²) in [5.41, 5.74) is 0.720. The summed E-state index contributed by atoms with van der Waals surface area (Å²) in [5.74, 6) is 0. The molecule has 1 saturated carbocycles. The minimum absolute atomic E-state index is 0.194. The van der Waals surface area contributed by atoms with E-state index in [1.807, 2.05) is 6.92 Å². The van der Waals surface area contributed by atoms with Crippen molar-refractivity contribution in [2.45, 2.75) is 115 Å². The maximum absolute atomic E-state index is 12.4. The first-order chi connectivity index (χ1) is 11.1. The van der Waals surface area contributed by atoms with Crippen molar-refractivity contribution in [3.05, 3.63) is 12.2 Å². The van der Waals surface area contributed by atoms with Gasteiger partial charge >= 0.3 is 0 Å². The Kier molecular flexibility index (Phi) is 11.0. The molecule has 0 amide bonds. The van der Waals surface area contributed by atoms with Crippen LogP contribution in [-0.2, 0) is 4.79 Å². The molecule has 0 aromatic carbocycles. The third-order valence-corrected chi connectivity index (χ3v) is 6.74. The molecule has 1 nitrogen and oxygen atoms in total. The Bertz CT molecular complexity index is 338. The lowest BCUT2D eigenvalue weighted by atomic mass is 9.87. The highest BCUT2D eigenvalue weighted by molar-refractivity contribution is 8.15. The van der Waals surface area contributed by atoms with Gasteiger partial charge in [-0.1, -0.05) is 102 Å². The lowest BCUT2D eigenvalue weighted by molar-refractivity contribution is -0.107. The zero-order chi connectivity index (χ0) is 17.0. The maximum Gasteiger partial charge on any atom is 0.214 e. The molecule has 1 aliphatic carbocycles. The summed E-state index contributed by atoms with van der Waals surface area (Å²) >= 11 is 1.64. The van der Waals surface area contributed by atoms with Crippen LogP contribution in [0.4, 0.5) is 0 Å². The molecular formula is C21H38OS. The first-order valence-corrected chi connectivity index (χ1v) is 10.8. The van der Waals surface area contributed by atoms with Gasteiger partial charge in [0.1, 0.15) is 0 Å². The molecule has 1 fully saturated rings. The summed E-state index contributed by atoms with van der Waals surface area (Å²) in [6.45, 7) is 8.01. The summed E-state index contributed by atoms with van der Waals surface area (Å²) in [5, 5.41) is 0.232. The van der Waals surface area contributed by atoms with Crippen LogP contribution >= 0.6 is 11.8 Å². The normalized spacial score (nSPS) is 19.2. The number of hydrogen-bond donors (Lipinski definition) is 0. The van der Waals surface area contributed by atoms with Crippen LogP contribution < -0.4 is 0 Å². The molecule has 0 saturated heterocycles. The van der Waals surface area contributed by atoms with Gasteiger partial charge in [-0.05, 0) is 31.8 Å². The van der Waals surface area contributed by atoms with E-state index in [4.69, 9.17) is 0 Å². The highest BCUT2D eigenvalue weighted by atomic mass is 32.2. The topological polar surface area (TPSA) is 17.1 Å². The van der Waals surface area contributed by atoms with Crippen LogP contribution in [0.15, 0.2) is 12.2 Å². The third kappa shape index (κ3) is 8.98. The van der Waals surface area contributed by atoms with Crippen LogP contribution in [0.3, 0.4) is 0 Å². The molecule has 0 aliphatic heterocycles. The molecule has 0 heterocycles. The molecule has 2 heteroatoms. The second-order valence-corrected chi connectivity index (χ2v) is 8.93. The van der Waals surface area contributed by atoms with Crippen molar-refractivity contribution in [3.63, 3.8) is 0 Å². The van der Waals surface area contributed by atoms with Crippen molar-refractivity contribution >= 4 is 16.9 Å². The number of unbranched alkanes of at least 4 members (excludes halogenated alkanes) is 4. The molecule has 134 valence electrons. The Hall–Kier alpha value is -0.240. The minimum Gasteiger partial charge on any atom is -0.282 e. The van der Waals surface area contributed by atoms with Gasteiger partial charge in [-0.25, -0.2) is 0 Å². The number of rotatable bonds is 8. The molecular weight excluding hydrogens is 300 g/mol. The fourth-order valence-corrected chi connectivity index (χ4v) is 4.95. The van der Waals surface area contributed by atoms with E-state index in [1.165, 1.54) is 96.3 Å². The van der Waals surface area contributed by atoms with E-state index >= 15 is 0 Å². The van der Waals surface area contributed by atoms with Gasteiger partial charge in [0, 0.05) is 4.75 Å². The van der Waals surface area contributed by atoms with Crippen LogP contribution in [0.5, 0.6) is 0 Å². The lowest BCUT2D eigenvalue weighted by Gasteiger charge is -2.34. The minimum atomic E-state index is 0.194. The molecule has 23 heavy (non-hydrogen) atoms. The standard InChI is InChI=1S/C21H38OS/c1-4-5-6-10-13-16-21(23-20(22)19(2)3)17-14-11-8-7-9-12-15-18-21/h2,4-18H2,1,3H3. The molecule has 0 N–H and O–H groups in total. The highest BCUT2D eigenvalue weighted by Gasteiger charge is 2.32. The predicted octanol–water partition coefficient (Wildman–Crippen LogP) is 7.45. The first-order valence-electron chi connectivity index (χ1n) is 9.98. The van der Waals surface area contributed by atoms with Crippen molar-refractivity contribution in [1.29, 1.82) is 0 Å². The van der Waals surface area contributed by atoms with Crippen LogP contribution in [0.2, 0.25) is 0 Å². The Morgan fingerprint density at radius 2 is 1.43 bits per heavy atom. The summed E-state index contributed by atoms with van der Waals surface area (Å²) in [6, 6.07) is 0. The molecule has 0 aromatic heterocycles. The monoisotopic (exact) mass is 338 g/mol. The molecule has 0 aromatic rings. The zero-order valence-electron chi connectivity index (χ0n) is 15.6. The van der Waals surface area contributed by atoms with E-state index in [0.717, 1.165) is 5.57 Å². The van der Waals surface area contributed by atoms with Gasteiger partial charge in [-0.3, -0.25) is 4.79 Å². The molecule has 1 aliphatic rings. The van der Waals surface area contributed by atoms with Gasteiger partial charge < -0.3 is 0 Å². The van der Waals surface area contributed by atoms with E-state index in [-0.39, 0.29) is 9.86 Å². The molecule has 0 atom stereocenters. The number of carbonyl (C=O) groups excluding carboxylic acids is 1. The summed E-state index contributed by atoms with van der Waals surface area (Å²) in [6.07, 6.45) is 19.8. The van der Waals surface area contributed by atoms with Gasteiger partial charge in [0.05, 0.1) is 0 Å². The molecule has 0 spiro atoms. The summed E-state index contributed by atoms with van der Waals surface area (Å²) < 4.78 is 0.194. The molecule has 1 rings (SSSR count). The zero-order valence-corrected chi connectivity index (χ0v) is 16.4. The van der Waals surface area contributed by atoms with Gasteiger partial charge in [0.2, 0.25) is 5.12 Å². The van der Waals surface area contributed by atoms with Crippen molar-refractivity contribution < 1.29 is 4.79 Å². The Balaban J connectivity index is 2.65. The van der Waals surface area contributed by atoms with Gasteiger partial charge in [0.25, 0.3) is 0 Å². The number of hydrogen-bond acceptors (Lipinski definition) is 2. The predicted molar refractivity (Wildman–Crippen MR) is 105 cm³/mol. The van der Waals surface area contributed by atoms with Crippen molar-refractivity contribution in [2.75, 3.05) is 0 Å². The van der Waals surface area contributed by atoms with E-state index in [2.05, 4.69) is 13.5 Å². The van der Waals surface area contributed by atoms with Crippen molar-refractivity contribution in [2.24, 2.45) is 0 Å². The Labute approximate surface area is 149 Å². The highest BCUT2D eigenvalue weighted by Crippen LogP contribution is 2.42. The van der Waals surface area contributed by atoms with Crippen molar-refractivity contribution in [3.8, 4) is 0 Å². The van der Waals surface area contributed by atoms with Crippen LogP contribution in [0, 0.1) is 0 Å². The molecule has 0 unspecified atom stereocenters.